The molecule has 3 rings (SSSR count). The number of aliphatic hydroxyl groups excluding tert-OH is 1. The summed E-state index contributed by atoms with van der Waals surface area (Å²) in [5.74, 6) is 0. The molecular weight excluding hydrogens is 399 g/mol. The van der Waals surface area contributed by atoms with E-state index in [9.17, 15) is 18.3 Å². The Bertz CT molecular complexity index is 1140. The van der Waals surface area contributed by atoms with Crippen LogP contribution in [-0.4, -0.2) is 29.3 Å². The third-order valence-corrected chi connectivity index (χ3v) is 5.54. The Morgan fingerprint density at radius 2 is 1.85 bits per heavy atom. The van der Waals surface area contributed by atoms with E-state index in [1.165, 1.54) is 47.3 Å². The first-order chi connectivity index (χ1) is 12.2. The minimum Gasteiger partial charge on any atom is -0.387 e. The molecule has 3 aromatic rings. The van der Waals surface area contributed by atoms with Crippen LogP contribution in [0.4, 0.5) is 0 Å². The first kappa shape index (κ1) is 18.8. The molecule has 0 fully saturated rings. The van der Waals surface area contributed by atoms with Gasteiger partial charge in [-0.3, -0.25) is 9.36 Å². The van der Waals surface area contributed by atoms with Crippen molar-refractivity contribution >= 4 is 43.9 Å². The van der Waals surface area contributed by atoms with Gasteiger partial charge >= 0.3 is 0 Å². The summed E-state index contributed by atoms with van der Waals surface area (Å²) in [6.07, 6.45) is 1.39. The van der Waals surface area contributed by atoms with Crippen LogP contribution in [0.25, 0.3) is 10.9 Å². The van der Waals surface area contributed by atoms with Crippen LogP contribution in [0.1, 0.15) is 11.7 Å². The molecule has 0 bridgehead atoms. The van der Waals surface area contributed by atoms with Gasteiger partial charge in [0.15, 0.2) is 9.84 Å². The fourth-order valence-electron chi connectivity index (χ4n) is 2.55. The predicted octanol–water partition coefficient (Wildman–Crippen LogP) is 2.84. The zero-order chi connectivity index (χ0) is 19.1. The quantitative estimate of drug-likeness (QED) is 0.711. The van der Waals surface area contributed by atoms with Crippen LogP contribution in [0.15, 0.2) is 52.4 Å². The van der Waals surface area contributed by atoms with Crippen molar-refractivity contribution in [3.05, 3.63) is 68.7 Å². The Morgan fingerprint density at radius 3 is 2.46 bits per heavy atom. The molecule has 136 valence electrons. The molecule has 0 aliphatic rings. The maximum atomic E-state index is 12.6. The van der Waals surface area contributed by atoms with E-state index in [2.05, 4.69) is 4.98 Å². The molecule has 0 saturated heterocycles. The number of benzene rings is 2. The molecule has 6 nitrogen and oxygen atoms in total. The van der Waals surface area contributed by atoms with E-state index in [1.807, 2.05) is 0 Å². The summed E-state index contributed by atoms with van der Waals surface area (Å²) in [4.78, 5) is 16.9. The number of aliphatic hydroxyl groups is 1. The maximum absolute atomic E-state index is 12.6. The highest BCUT2D eigenvalue weighted by molar-refractivity contribution is 7.90. The van der Waals surface area contributed by atoms with Gasteiger partial charge in [-0.25, -0.2) is 13.4 Å². The maximum Gasteiger partial charge on any atom is 0.261 e. The van der Waals surface area contributed by atoms with Crippen molar-refractivity contribution in [3.63, 3.8) is 0 Å². The Labute approximate surface area is 159 Å². The van der Waals surface area contributed by atoms with E-state index in [0.717, 1.165) is 6.26 Å². The highest BCUT2D eigenvalue weighted by Crippen LogP contribution is 2.24. The minimum atomic E-state index is -3.32. The molecule has 0 saturated carbocycles. The van der Waals surface area contributed by atoms with Gasteiger partial charge in [0.25, 0.3) is 5.56 Å². The number of rotatable bonds is 4. The lowest BCUT2D eigenvalue weighted by molar-refractivity contribution is 0.155. The molecule has 0 radical (unpaired) electrons. The van der Waals surface area contributed by atoms with Gasteiger partial charge in [-0.15, -0.1) is 0 Å². The monoisotopic (exact) mass is 412 g/mol. The van der Waals surface area contributed by atoms with Crippen molar-refractivity contribution in [2.24, 2.45) is 0 Å². The summed E-state index contributed by atoms with van der Waals surface area (Å²) in [5, 5.41) is 11.2. The van der Waals surface area contributed by atoms with Crippen molar-refractivity contribution < 1.29 is 13.5 Å². The first-order valence-corrected chi connectivity index (χ1v) is 10.1. The molecule has 1 aromatic heterocycles. The third-order valence-electron chi connectivity index (χ3n) is 3.91. The molecule has 9 heteroatoms. The van der Waals surface area contributed by atoms with E-state index in [0.29, 0.717) is 16.1 Å². The van der Waals surface area contributed by atoms with Crippen LogP contribution in [0.3, 0.4) is 0 Å². The van der Waals surface area contributed by atoms with Gasteiger partial charge < -0.3 is 5.11 Å². The second-order valence-electron chi connectivity index (χ2n) is 5.84. The summed E-state index contributed by atoms with van der Waals surface area (Å²) in [6.45, 7) is -0.0515. The summed E-state index contributed by atoms with van der Waals surface area (Å²) in [6, 6.07) is 8.81. The molecule has 1 heterocycles. The molecule has 26 heavy (non-hydrogen) atoms. The smallest absolute Gasteiger partial charge is 0.261 e. The minimum absolute atomic E-state index is 0.0515. The fraction of sp³-hybridized carbons (Fsp3) is 0.176. The van der Waals surface area contributed by atoms with Gasteiger partial charge in [-0.1, -0.05) is 35.3 Å². The van der Waals surface area contributed by atoms with Gasteiger partial charge in [0.05, 0.1) is 39.8 Å². The lowest BCUT2D eigenvalue weighted by atomic mass is 10.1. The molecule has 0 amide bonds. The summed E-state index contributed by atoms with van der Waals surface area (Å²) < 4.78 is 24.2. The second kappa shape index (κ2) is 7.00. The predicted molar refractivity (Wildman–Crippen MR) is 101 cm³/mol. The first-order valence-electron chi connectivity index (χ1n) is 7.49. The molecule has 1 atom stereocenters. The summed E-state index contributed by atoms with van der Waals surface area (Å²) >= 11 is 12.0. The van der Waals surface area contributed by atoms with Crippen molar-refractivity contribution in [2.75, 3.05) is 6.26 Å². The number of nitrogens with zero attached hydrogens (tertiary/aromatic N) is 2. The zero-order valence-corrected chi connectivity index (χ0v) is 15.9. The molecule has 0 spiro atoms. The van der Waals surface area contributed by atoms with Crippen LogP contribution in [0, 0.1) is 0 Å². The highest BCUT2D eigenvalue weighted by Gasteiger charge is 2.14. The Kier molecular flexibility index (Phi) is 5.07. The Balaban J connectivity index is 1.93. The summed E-state index contributed by atoms with van der Waals surface area (Å²) in [5.41, 5.74) is 0.434. The number of fused-ring (bicyclic) bond motifs is 1. The van der Waals surface area contributed by atoms with Gasteiger partial charge in [0, 0.05) is 11.3 Å². The van der Waals surface area contributed by atoms with Crippen molar-refractivity contribution in [1.82, 2.24) is 9.55 Å². The van der Waals surface area contributed by atoms with Gasteiger partial charge in [-0.05, 0) is 29.8 Å². The van der Waals surface area contributed by atoms with Crippen LogP contribution in [0.2, 0.25) is 10.0 Å². The zero-order valence-electron chi connectivity index (χ0n) is 13.6. The highest BCUT2D eigenvalue weighted by atomic mass is 35.5. The molecule has 1 N–H and O–H groups in total. The topological polar surface area (TPSA) is 89.3 Å². The van der Waals surface area contributed by atoms with Crippen LogP contribution in [0.5, 0.6) is 0 Å². The third kappa shape index (κ3) is 3.76. The Morgan fingerprint density at radius 1 is 1.19 bits per heavy atom. The van der Waals surface area contributed by atoms with E-state index < -0.39 is 15.9 Å². The van der Waals surface area contributed by atoms with E-state index in [1.54, 1.807) is 0 Å². The largest absolute Gasteiger partial charge is 0.387 e. The summed E-state index contributed by atoms with van der Waals surface area (Å²) in [7, 11) is -3.32. The number of sulfone groups is 1. The molecule has 0 aliphatic carbocycles. The molecule has 0 unspecified atom stereocenters. The number of aromatic nitrogens is 2. The van der Waals surface area contributed by atoms with E-state index in [4.69, 9.17) is 23.2 Å². The van der Waals surface area contributed by atoms with Crippen molar-refractivity contribution in [2.45, 2.75) is 17.5 Å². The molecule has 0 aliphatic heterocycles. The second-order valence-corrected chi connectivity index (χ2v) is 8.70. The average molecular weight is 413 g/mol. The van der Waals surface area contributed by atoms with Crippen molar-refractivity contribution in [1.29, 1.82) is 0 Å². The number of hydrogen-bond acceptors (Lipinski definition) is 5. The van der Waals surface area contributed by atoms with Crippen molar-refractivity contribution in [3.8, 4) is 0 Å². The van der Waals surface area contributed by atoms with E-state index in [-0.39, 0.29) is 27.4 Å². The fourth-order valence-corrected chi connectivity index (χ4v) is 3.73. The van der Waals surface area contributed by atoms with E-state index >= 15 is 0 Å². The van der Waals surface area contributed by atoms with Crippen LogP contribution in [-0.2, 0) is 16.4 Å². The number of hydrogen-bond donors (Lipinski definition) is 1. The van der Waals surface area contributed by atoms with Gasteiger partial charge in [0.1, 0.15) is 0 Å². The SMILES string of the molecule is CS(=O)(=O)c1ccc([C@@H](O)Cn2cnc3c(Cl)cc(Cl)cc3c2=O)cc1. The van der Waals surface area contributed by atoms with Crippen LogP contribution < -0.4 is 5.56 Å². The lowest BCUT2D eigenvalue weighted by Crippen LogP contribution is -2.24. The normalized spacial score (nSPS) is 13.1. The average Bonchev–Trinajstić information content (AvgIpc) is 2.57. The molecular formula is C17H14Cl2N2O4S. The lowest BCUT2D eigenvalue weighted by Gasteiger charge is -2.14. The molecule has 2 aromatic carbocycles. The Hall–Kier alpha value is -1.93. The van der Waals surface area contributed by atoms with Gasteiger partial charge in [0.2, 0.25) is 0 Å². The van der Waals surface area contributed by atoms with Gasteiger partial charge in [-0.2, -0.15) is 0 Å². The standard InChI is InChI=1S/C17H14Cl2N2O4S/c1-26(24,25)12-4-2-10(3-5-12)15(22)8-21-9-20-16-13(17(21)23)6-11(18)7-14(16)19/h2-7,9,15,22H,8H2,1H3/t15-/m0/s1. The van der Waals surface area contributed by atoms with Crippen LogP contribution >= 0.6 is 23.2 Å². The number of halogens is 2.